The molecule has 0 saturated carbocycles. The Kier molecular flexibility index (Phi) is 3.43. The van der Waals surface area contributed by atoms with Crippen LogP contribution in [0, 0.1) is 20.8 Å². The molecule has 24 heavy (non-hydrogen) atoms. The van der Waals surface area contributed by atoms with Crippen molar-refractivity contribution in [2.75, 3.05) is 5.32 Å². The van der Waals surface area contributed by atoms with E-state index in [0.29, 0.717) is 5.02 Å². The average molecular weight is 337 g/mol. The molecule has 0 aliphatic carbocycles. The van der Waals surface area contributed by atoms with E-state index in [0.717, 1.165) is 39.7 Å². The number of rotatable bonds is 1. The number of H-pyrrole nitrogens is 1. The van der Waals surface area contributed by atoms with Gasteiger partial charge in [0.05, 0.1) is 11.4 Å². The van der Waals surface area contributed by atoms with E-state index in [1.54, 1.807) is 0 Å². The third-order valence-electron chi connectivity index (χ3n) is 4.41. The van der Waals surface area contributed by atoms with E-state index in [1.807, 2.05) is 31.2 Å². The van der Waals surface area contributed by atoms with Crippen molar-refractivity contribution in [3.05, 3.63) is 69.4 Å². The summed E-state index contributed by atoms with van der Waals surface area (Å²) >= 11 is 6.46. The summed E-state index contributed by atoms with van der Waals surface area (Å²) in [4.78, 5) is 4.92. The number of anilines is 2. The maximum Gasteiger partial charge on any atom is 0.178 e. The molecule has 2 heterocycles. The van der Waals surface area contributed by atoms with Crippen molar-refractivity contribution in [3.63, 3.8) is 0 Å². The van der Waals surface area contributed by atoms with Crippen molar-refractivity contribution >= 4 is 34.5 Å². The molecule has 0 saturated heterocycles. The molecule has 120 valence electrons. The number of benzene rings is 2. The first-order chi connectivity index (χ1) is 11.5. The van der Waals surface area contributed by atoms with Crippen LogP contribution in [0.1, 0.15) is 27.9 Å². The van der Waals surface area contributed by atoms with Gasteiger partial charge in [0, 0.05) is 21.8 Å². The number of aryl methyl sites for hydroxylation is 3. The lowest BCUT2D eigenvalue weighted by Crippen LogP contribution is -2.07. The Bertz CT molecular complexity index is 985. The van der Waals surface area contributed by atoms with Crippen LogP contribution in [0.3, 0.4) is 0 Å². The zero-order valence-electron chi connectivity index (χ0n) is 13.7. The molecule has 2 aromatic carbocycles. The highest BCUT2D eigenvalue weighted by molar-refractivity contribution is 6.36. The van der Waals surface area contributed by atoms with Crippen molar-refractivity contribution in [2.45, 2.75) is 20.8 Å². The second kappa shape index (κ2) is 5.49. The minimum atomic E-state index is 0.685. The van der Waals surface area contributed by atoms with Crippen LogP contribution in [0.15, 0.2) is 41.4 Å². The third-order valence-corrected chi connectivity index (χ3v) is 4.74. The molecule has 0 spiro atoms. The fourth-order valence-corrected chi connectivity index (χ4v) is 3.15. The second-order valence-electron chi connectivity index (χ2n) is 6.09. The predicted molar refractivity (Wildman–Crippen MR) is 99.3 cm³/mol. The molecule has 4 nitrogen and oxygen atoms in total. The first-order valence-electron chi connectivity index (χ1n) is 7.82. The van der Waals surface area contributed by atoms with Crippen LogP contribution in [-0.4, -0.2) is 15.9 Å². The molecule has 2 N–H and O–H groups in total. The molecule has 1 aromatic heterocycles. The molecule has 0 radical (unpaired) electrons. The Balaban J connectivity index is 2.06. The highest BCUT2D eigenvalue weighted by Crippen LogP contribution is 2.38. The van der Waals surface area contributed by atoms with Gasteiger partial charge >= 0.3 is 0 Å². The summed E-state index contributed by atoms with van der Waals surface area (Å²) < 4.78 is 0. The van der Waals surface area contributed by atoms with Crippen LogP contribution in [-0.2, 0) is 0 Å². The summed E-state index contributed by atoms with van der Waals surface area (Å²) in [6.45, 7) is 6.17. The van der Waals surface area contributed by atoms with Crippen molar-refractivity contribution in [2.24, 2.45) is 4.99 Å². The molecule has 0 amide bonds. The van der Waals surface area contributed by atoms with Crippen molar-refractivity contribution in [3.8, 4) is 0 Å². The van der Waals surface area contributed by atoms with E-state index >= 15 is 0 Å². The molecule has 0 bridgehead atoms. The van der Waals surface area contributed by atoms with Gasteiger partial charge in [-0.05, 0) is 50.1 Å². The van der Waals surface area contributed by atoms with E-state index in [2.05, 4.69) is 41.5 Å². The summed E-state index contributed by atoms with van der Waals surface area (Å²) in [7, 11) is 0. The molecule has 4 rings (SSSR count). The highest BCUT2D eigenvalue weighted by Gasteiger charge is 2.22. The van der Waals surface area contributed by atoms with Gasteiger partial charge in [-0.1, -0.05) is 29.8 Å². The number of halogens is 1. The van der Waals surface area contributed by atoms with Gasteiger partial charge in [0.15, 0.2) is 5.82 Å². The van der Waals surface area contributed by atoms with Crippen LogP contribution in [0.25, 0.3) is 0 Å². The summed E-state index contributed by atoms with van der Waals surface area (Å²) in [5.41, 5.74) is 7.96. The lowest BCUT2D eigenvalue weighted by molar-refractivity contribution is 1.05. The van der Waals surface area contributed by atoms with Gasteiger partial charge in [0.2, 0.25) is 0 Å². The Morgan fingerprint density at radius 3 is 2.50 bits per heavy atom. The van der Waals surface area contributed by atoms with Crippen molar-refractivity contribution in [1.29, 1.82) is 0 Å². The molecule has 1 aliphatic rings. The van der Waals surface area contributed by atoms with Gasteiger partial charge in [0.25, 0.3) is 0 Å². The molecule has 0 unspecified atom stereocenters. The summed E-state index contributed by atoms with van der Waals surface area (Å²) in [5, 5.41) is 11.4. The van der Waals surface area contributed by atoms with E-state index in [9.17, 15) is 0 Å². The SMILES string of the molecule is Cc1cc2c(cc1C)C(c1ccccc1Cl)=Nc1c(n[nH]c1C)N2. The van der Waals surface area contributed by atoms with Gasteiger partial charge in [-0.3, -0.25) is 5.10 Å². The Labute approximate surface area is 145 Å². The smallest absolute Gasteiger partial charge is 0.178 e. The van der Waals surface area contributed by atoms with Crippen LogP contribution < -0.4 is 5.32 Å². The monoisotopic (exact) mass is 336 g/mol. The van der Waals surface area contributed by atoms with Crippen molar-refractivity contribution < 1.29 is 0 Å². The maximum absolute atomic E-state index is 6.46. The third kappa shape index (κ3) is 2.31. The number of fused-ring (bicyclic) bond motifs is 2. The normalized spacial score (nSPS) is 12.8. The van der Waals surface area contributed by atoms with Gasteiger partial charge < -0.3 is 5.32 Å². The average Bonchev–Trinajstić information content (AvgIpc) is 2.81. The maximum atomic E-state index is 6.46. The van der Waals surface area contributed by atoms with Gasteiger partial charge in [-0.2, -0.15) is 5.10 Å². The fourth-order valence-electron chi connectivity index (χ4n) is 2.92. The largest absolute Gasteiger partial charge is 0.336 e. The Morgan fingerprint density at radius 1 is 0.958 bits per heavy atom. The molecular formula is C19H17ClN4. The van der Waals surface area contributed by atoms with Crippen LogP contribution in [0.2, 0.25) is 5.02 Å². The number of aromatic nitrogens is 2. The molecule has 3 aromatic rings. The first-order valence-corrected chi connectivity index (χ1v) is 8.19. The second-order valence-corrected chi connectivity index (χ2v) is 6.50. The van der Waals surface area contributed by atoms with E-state index in [-0.39, 0.29) is 0 Å². The highest BCUT2D eigenvalue weighted by atomic mass is 35.5. The standard InChI is InChI=1S/C19H17ClN4/c1-10-8-14-16(9-11(10)2)21-19-17(12(3)23-24-19)22-18(14)13-6-4-5-7-15(13)20/h4-9H,1-3H3,(H2,21,23,24). The number of nitrogens with zero attached hydrogens (tertiary/aromatic N) is 2. The van der Waals surface area contributed by atoms with Crippen LogP contribution in [0.4, 0.5) is 17.2 Å². The number of hydrogen-bond acceptors (Lipinski definition) is 3. The molecular weight excluding hydrogens is 320 g/mol. The Morgan fingerprint density at radius 2 is 1.71 bits per heavy atom. The number of aromatic amines is 1. The van der Waals surface area contributed by atoms with E-state index < -0.39 is 0 Å². The van der Waals surface area contributed by atoms with Gasteiger partial charge in [0.1, 0.15) is 5.69 Å². The quantitative estimate of drug-likeness (QED) is 0.501. The number of hydrogen-bond donors (Lipinski definition) is 2. The topological polar surface area (TPSA) is 53.1 Å². The predicted octanol–water partition coefficient (Wildman–Crippen LogP) is 5.21. The fraction of sp³-hybridized carbons (Fsp3) is 0.158. The molecule has 5 heteroatoms. The summed E-state index contributed by atoms with van der Waals surface area (Å²) in [6, 6.07) is 12.1. The summed E-state index contributed by atoms with van der Waals surface area (Å²) in [6.07, 6.45) is 0. The number of aliphatic imine (C=N–C) groups is 1. The summed E-state index contributed by atoms with van der Waals surface area (Å²) in [5.74, 6) is 0.735. The lowest BCUT2D eigenvalue weighted by atomic mass is 9.96. The lowest BCUT2D eigenvalue weighted by Gasteiger charge is -2.14. The molecule has 0 fully saturated rings. The first kappa shape index (κ1) is 15.0. The zero-order valence-corrected chi connectivity index (χ0v) is 14.5. The van der Waals surface area contributed by atoms with Gasteiger partial charge in [-0.25, -0.2) is 4.99 Å². The van der Waals surface area contributed by atoms with Crippen molar-refractivity contribution in [1.82, 2.24) is 10.2 Å². The minimum Gasteiger partial charge on any atom is -0.336 e. The molecule has 0 atom stereocenters. The minimum absolute atomic E-state index is 0.685. The molecule has 1 aliphatic heterocycles. The zero-order chi connectivity index (χ0) is 16.8. The Hall–Kier alpha value is -2.59. The van der Waals surface area contributed by atoms with Crippen LogP contribution >= 0.6 is 11.6 Å². The van der Waals surface area contributed by atoms with Crippen LogP contribution in [0.5, 0.6) is 0 Å². The van der Waals surface area contributed by atoms with E-state index in [1.165, 1.54) is 11.1 Å². The van der Waals surface area contributed by atoms with Gasteiger partial charge in [-0.15, -0.1) is 0 Å². The number of nitrogens with one attached hydrogen (secondary N) is 2. The van der Waals surface area contributed by atoms with E-state index in [4.69, 9.17) is 16.6 Å².